The fourth-order valence-electron chi connectivity index (χ4n) is 1.85. The smallest absolute Gasteiger partial charge is 0.248 e. The van der Waals surface area contributed by atoms with E-state index in [0.717, 1.165) is 5.56 Å². The number of carbonyl (C=O) groups is 2. The Hall–Kier alpha value is -1.59. The van der Waals surface area contributed by atoms with Crippen molar-refractivity contribution in [3.05, 3.63) is 34.3 Å². The topological polar surface area (TPSA) is 84.2 Å². The maximum absolute atomic E-state index is 11.0. The van der Waals surface area contributed by atoms with Gasteiger partial charge in [0.1, 0.15) is 0 Å². The molecule has 5 nitrogen and oxygen atoms in total. The van der Waals surface area contributed by atoms with Gasteiger partial charge in [-0.15, -0.1) is 0 Å². The summed E-state index contributed by atoms with van der Waals surface area (Å²) in [6.07, 6.45) is 0.483. The molecule has 2 amide bonds. The maximum atomic E-state index is 11.0. The third-order valence-corrected chi connectivity index (χ3v) is 3.25. The summed E-state index contributed by atoms with van der Waals surface area (Å²) in [4.78, 5) is 22.0. The van der Waals surface area contributed by atoms with Gasteiger partial charge >= 0.3 is 0 Å². The van der Waals surface area contributed by atoms with Crippen molar-refractivity contribution in [3.8, 4) is 0 Å². The lowest BCUT2D eigenvalue weighted by Crippen LogP contribution is -2.30. The highest BCUT2D eigenvalue weighted by atomic mass is 35.5. The van der Waals surface area contributed by atoms with E-state index in [-0.39, 0.29) is 11.9 Å². The van der Waals surface area contributed by atoms with Gasteiger partial charge in [0.2, 0.25) is 11.8 Å². The summed E-state index contributed by atoms with van der Waals surface area (Å²) in [7, 11) is 0. The summed E-state index contributed by atoms with van der Waals surface area (Å²) < 4.78 is 0. The van der Waals surface area contributed by atoms with E-state index in [1.54, 1.807) is 18.2 Å². The quantitative estimate of drug-likeness (QED) is 0.739. The number of nitrogens with one attached hydrogen (secondary N) is 2. The fraction of sp³-hybridized carbons (Fsp3) is 0.333. The van der Waals surface area contributed by atoms with E-state index in [2.05, 4.69) is 10.6 Å². The third kappa shape index (κ3) is 3.00. The molecule has 1 aromatic carbocycles. The minimum atomic E-state index is -0.498. The first-order valence-electron chi connectivity index (χ1n) is 5.64. The first kappa shape index (κ1) is 12.9. The predicted molar refractivity (Wildman–Crippen MR) is 68.2 cm³/mol. The molecule has 6 heteroatoms. The van der Waals surface area contributed by atoms with Gasteiger partial charge in [-0.25, -0.2) is 0 Å². The van der Waals surface area contributed by atoms with Gasteiger partial charge in [0, 0.05) is 36.1 Å². The highest BCUT2D eigenvalue weighted by Crippen LogP contribution is 2.18. The van der Waals surface area contributed by atoms with Crippen LogP contribution in [0.1, 0.15) is 22.3 Å². The summed E-state index contributed by atoms with van der Waals surface area (Å²) in [6, 6.07) is 5.09. The van der Waals surface area contributed by atoms with E-state index < -0.39 is 5.91 Å². The average molecular weight is 268 g/mol. The molecule has 1 saturated heterocycles. The van der Waals surface area contributed by atoms with Crippen molar-refractivity contribution in [3.63, 3.8) is 0 Å². The van der Waals surface area contributed by atoms with Crippen molar-refractivity contribution in [2.75, 3.05) is 6.54 Å². The molecule has 2 rings (SSSR count). The zero-order valence-corrected chi connectivity index (χ0v) is 10.5. The molecule has 1 aromatic rings. The first-order valence-corrected chi connectivity index (χ1v) is 6.02. The molecule has 0 radical (unpaired) electrons. The van der Waals surface area contributed by atoms with Gasteiger partial charge in [-0.3, -0.25) is 9.59 Å². The van der Waals surface area contributed by atoms with Crippen LogP contribution in [0.4, 0.5) is 0 Å². The molecule has 1 aliphatic rings. The Morgan fingerprint density at radius 1 is 1.56 bits per heavy atom. The number of nitrogens with two attached hydrogens (primary N) is 1. The van der Waals surface area contributed by atoms with Crippen LogP contribution in [0.3, 0.4) is 0 Å². The zero-order chi connectivity index (χ0) is 13.1. The van der Waals surface area contributed by atoms with Crippen molar-refractivity contribution in [2.45, 2.75) is 19.0 Å². The van der Waals surface area contributed by atoms with Crippen LogP contribution < -0.4 is 16.4 Å². The Kier molecular flexibility index (Phi) is 3.84. The molecule has 1 atom stereocenters. The van der Waals surface area contributed by atoms with Gasteiger partial charge in [-0.05, 0) is 17.7 Å². The number of primary amides is 1. The number of benzene rings is 1. The Labute approximate surface area is 110 Å². The molecular formula is C12H14ClN3O2. The second kappa shape index (κ2) is 5.37. The lowest BCUT2D eigenvalue weighted by Gasteiger charge is -2.11. The summed E-state index contributed by atoms with van der Waals surface area (Å²) in [5.74, 6) is -0.440. The molecule has 4 N–H and O–H groups in total. The number of hydrogen-bond donors (Lipinski definition) is 3. The van der Waals surface area contributed by atoms with Crippen LogP contribution >= 0.6 is 11.6 Å². The van der Waals surface area contributed by atoms with E-state index in [1.165, 1.54) is 0 Å². The highest BCUT2D eigenvalue weighted by molar-refractivity contribution is 6.31. The monoisotopic (exact) mass is 267 g/mol. The van der Waals surface area contributed by atoms with Crippen LogP contribution in [-0.2, 0) is 11.3 Å². The number of rotatable bonds is 4. The van der Waals surface area contributed by atoms with Gasteiger partial charge in [0.15, 0.2) is 0 Å². The van der Waals surface area contributed by atoms with Crippen molar-refractivity contribution in [1.82, 2.24) is 10.6 Å². The highest BCUT2D eigenvalue weighted by Gasteiger charge is 2.20. The van der Waals surface area contributed by atoms with Gasteiger partial charge in [0.05, 0.1) is 0 Å². The van der Waals surface area contributed by atoms with Gasteiger partial charge < -0.3 is 16.4 Å². The molecule has 1 unspecified atom stereocenters. The fourth-order valence-corrected chi connectivity index (χ4v) is 2.10. The average Bonchev–Trinajstić information content (AvgIpc) is 2.73. The minimum absolute atomic E-state index is 0.0580. The molecule has 0 aromatic heterocycles. The molecule has 0 saturated carbocycles. The number of carbonyl (C=O) groups excluding carboxylic acids is 2. The van der Waals surface area contributed by atoms with E-state index >= 15 is 0 Å². The van der Waals surface area contributed by atoms with Gasteiger partial charge in [-0.2, -0.15) is 0 Å². The summed E-state index contributed by atoms with van der Waals surface area (Å²) in [5, 5.41) is 6.48. The van der Waals surface area contributed by atoms with Crippen LogP contribution in [0.5, 0.6) is 0 Å². The zero-order valence-electron chi connectivity index (χ0n) is 9.70. The van der Waals surface area contributed by atoms with E-state index in [0.29, 0.717) is 30.1 Å². The number of hydrogen-bond acceptors (Lipinski definition) is 3. The van der Waals surface area contributed by atoms with Crippen molar-refractivity contribution < 1.29 is 9.59 Å². The van der Waals surface area contributed by atoms with Crippen LogP contribution in [-0.4, -0.2) is 24.4 Å². The lowest BCUT2D eigenvalue weighted by molar-refractivity contribution is -0.119. The molecular weight excluding hydrogens is 254 g/mol. The van der Waals surface area contributed by atoms with Crippen LogP contribution in [0, 0.1) is 0 Å². The molecule has 1 heterocycles. The van der Waals surface area contributed by atoms with Gasteiger partial charge in [-0.1, -0.05) is 17.7 Å². The molecule has 0 aliphatic carbocycles. The normalized spacial score (nSPS) is 18.7. The Bertz CT molecular complexity index is 490. The van der Waals surface area contributed by atoms with Crippen molar-refractivity contribution in [2.24, 2.45) is 5.73 Å². The molecule has 1 aliphatic heterocycles. The Morgan fingerprint density at radius 3 is 2.89 bits per heavy atom. The number of amides is 2. The van der Waals surface area contributed by atoms with E-state index in [9.17, 15) is 9.59 Å². The van der Waals surface area contributed by atoms with Crippen LogP contribution in [0.25, 0.3) is 0 Å². The summed E-state index contributed by atoms with van der Waals surface area (Å²) in [6.45, 7) is 1.19. The molecule has 0 spiro atoms. The second-order valence-electron chi connectivity index (χ2n) is 4.26. The standard InChI is InChI=1S/C12H14ClN3O2/c13-10-3-7(12(14)18)1-2-8(10)5-15-9-4-11(17)16-6-9/h1-3,9,15H,4-6H2,(H2,14,18)(H,16,17). The van der Waals surface area contributed by atoms with Gasteiger partial charge in [0.25, 0.3) is 0 Å². The largest absolute Gasteiger partial charge is 0.366 e. The predicted octanol–water partition coefficient (Wildman–Crippen LogP) is 0.417. The number of halogens is 1. The van der Waals surface area contributed by atoms with E-state index in [1.807, 2.05) is 0 Å². The lowest BCUT2D eigenvalue weighted by atomic mass is 10.1. The molecule has 0 bridgehead atoms. The van der Waals surface area contributed by atoms with Crippen LogP contribution in [0.15, 0.2) is 18.2 Å². The van der Waals surface area contributed by atoms with Crippen molar-refractivity contribution in [1.29, 1.82) is 0 Å². The Balaban J connectivity index is 1.97. The minimum Gasteiger partial charge on any atom is -0.366 e. The summed E-state index contributed by atoms with van der Waals surface area (Å²) >= 11 is 6.06. The molecule has 18 heavy (non-hydrogen) atoms. The molecule has 96 valence electrons. The van der Waals surface area contributed by atoms with Crippen molar-refractivity contribution >= 4 is 23.4 Å². The third-order valence-electron chi connectivity index (χ3n) is 2.90. The molecule has 1 fully saturated rings. The van der Waals surface area contributed by atoms with E-state index in [4.69, 9.17) is 17.3 Å². The first-order chi connectivity index (χ1) is 8.56. The summed E-state index contributed by atoms with van der Waals surface area (Å²) in [5.41, 5.74) is 6.43. The second-order valence-corrected chi connectivity index (χ2v) is 4.66. The Morgan fingerprint density at radius 2 is 2.33 bits per heavy atom. The maximum Gasteiger partial charge on any atom is 0.248 e. The SMILES string of the molecule is NC(=O)c1ccc(CNC2CNC(=O)C2)c(Cl)c1. The van der Waals surface area contributed by atoms with Crippen LogP contribution in [0.2, 0.25) is 5.02 Å².